The number of nitro groups is 1. The van der Waals surface area contributed by atoms with Gasteiger partial charge in [0.15, 0.2) is 5.03 Å². The van der Waals surface area contributed by atoms with E-state index in [2.05, 4.69) is 10.3 Å². The van der Waals surface area contributed by atoms with Crippen LogP contribution in [0.3, 0.4) is 0 Å². The molecule has 1 amide bonds. The molecule has 0 bridgehead atoms. The summed E-state index contributed by atoms with van der Waals surface area (Å²) in [4.78, 5) is 35.5. The van der Waals surface area contributed by atoms with Gasteiger partial charge in [-0.15, -0.1) is 0 Å². The standard InChI is InChI=1S/C9H12N4O5S/c1-5(14)11-6(9(15)16)3-19-8-7(13(17)18)10-4-12(8)2/h4,6H,3H2,1-2H3,(H,11,14)(H,15,16). The van der Waals surface area contributed by atoms with Crippen LogP contribution in [0.5, 0.6) is 0 Å². The molecular formula is C9H12N4O5S. The second-order valence-corrected chi connectivity index (χ2v) is 4.65. The molecule has 0 spiro atoms. The highest BCUT2D eigenvalue weighted by Crippen LogP contribution is 2.27. The van der Waals surface area contributed by atoms with Crippen molar-refractivity contribution in [3.05, 3.63) is 16.4 Å². The summed E-state index contributed by atoms with van der Waals surface area (Å²) in [5.41, 5.74) is 0. The minimum absolute atomic E-state index is 0.0325. The predicted molar refractivity (Wildman–Crippen MR) is 65.8 cm³/mol. The number of carbonyl (C=O) groups excluding carboxylic acids is 1. The number of aliphatic carboxylic acids is 1. The SMILES string of the molecule is CC(=O)NC(CSc1c([N+](=O)[O-])ncn1C)C(=O)O. The summed E-state index contributed by atoms with van der Waals surface area (Å²) in [7, 11) is 1.57. The van der Waals surface area contributed by atoms with E-state index in [0.29, 0.717) is 0 Å². The van der Waals surface area contributed by atoms with Crippen LogP contribution in [0.1, 0.15) is 6.92 Å². The fourth-order valence-electron chi connectivity index (χ4n) is 1.28. The molecule has 10 heteroatoms. The molecule has 0 aliphatic heterocycles. The van der Waals surface area contributed by atoms with Crippen LogP contribution in [0, 0.1) is 10.1 Å². The maximum Gasteiger partial charge on any atom is 0.395 e. The number of thioether (sulfide) groups is 1. The zero-order valence-electron chi connectivity index (χ0n) is 10.2. The second kappa shape index (κ2) is 6.18. The number of nitrogens with zero attached hydrogens (tertiary/aromatic N) is 3. The first kappa shape index (κ1) is 15.0. The highest BCUT2D eigenvalue weighted by atomic mass is 32.2. The Morgan fingerprint density at radius 3 is 2.79 bits per heavy atom. The smallest absolute Gasteiger partial charge is 0.395 e. The van der Waals surface area contributed by atoms with E-state index in [-0.39, 0.29) is 16.6 Å². The molecule has 1 heterocycles. The average Bonchev–Trinajstić information content (AvgIpc) is 2.65. The first-order valence-corrected chi connectivity index (χ1v) is 6.10. The van der Waals surface area contributed by atoms with Gasteiger partial charge in [-0.1, -0.05) is 11.8 Å². The van der Waals surface area contributed by atoms with Crippen molar-refractivity contribution in [1.29, 1.82) is 0 Å². The van der Waals surface area contributed by atoms with Crippen LogP contribution < -0.4 is 5.32 Å². The third-order valence-corrected chi connectivity index (χ3v) is 3.34. The van der Waals surface area contributed by atoms with E-state index in [1.165, 1.54) is 17.8 Å². The highest BCUT2D eigenvalue weighted by Gasteiger charge is 2.24. The summed E-state index contributed by atoms with van der Waals surface area (Å²) >= 11 is 0.950. The van der Waals surface area contributed by atoms with Crippen molar-refractivity contribution < 1.29 is 19.6 Å². The molecule has 0 radical (unpaired) electrons. The van der Waals surface area contributed by atoms with E-state index in [4.69, 9.17) is 5.11 Å². The van der Waals surface area contributed by atoms with Gasteiger partial charge in [0.05, 0.1) is 0 Å². The fourth-order valence-corrected chi connectivity index (χ4v) is 2.34. The largest absolute Gasteiger partial charge is 0.480 e. The van der Waals surface area contributed by atoms with Gasteiger partial charge in [-0.3, -0.25) is 4.79 Å². The minimum atomic E-state index is -1.20. The zero-order valence-corrected chi connectivity index (χ0v) is 11.0. The Balaban J connectivity index is 2.79. The van der Waals surface area contributed by atoms with Crippen molar-refractivity contribution in [2.45, 2.75) is 18.0 Å². The summed E-state index contributed by atoms with van der Waals surface area (Å²) in [5, 5.41) is 22.1. The van der Waals surface area contributed by atoms with Gasteiger partial charge < -0.3 is 25.1 Å². The van der Waals surface area contributed by atoms with Crippen molar-refractivity contribution in [3.8, 4) is 0 Å². The molecule has 0 fully saturated rings. The number of hydrogen-bond donors (Lipinski definition) is 2. The van der Waals surface area contributed by atoms with E-state index in [9.17, 15) is 19.7 Å². The lowest BCUT2D eigenvalue weighted by Gasteiger charge is -2.12. The molecule has 1 rings (SSSR count). The first-order valence-electron chi connectivity index (χ1n) is 5.11. The lowest BCUT2D eigenvalue weighted by molar-refractivity contribution is -0.392. The Labute approximate surface area is 112 Å². The van der Waals surface area contributed by atoms with Crippen molar-refractivity contribution in [2.24, 2.45) is 7.05 Å². The first-order chi connectivity index (χ1) is 8.82. The molecule has 0 aliphatic rings. The van der Waals surface area contributed by atoms with E-state index in [0.717, 1.165) is 11.8 Å². The number of hydrogen-bond acceptors (Lipinski definition) is 6. The number of aromatic nitrogens is 2. The number of carboxylic acid groups (broad SMARTS) is 1. The third-order valence-electron chi connectivity index (χ3n) is 2.10. The number of carbonyl (C=O) groups is 2. The number of rotatable bonds is 6. The quantitative estimate of drug-likeness (QED) is 0.428. The summed E-state index contributed by atoms with van der Waals surface area (Å²) in [5.74, 6) is -2.05. The number of imidazole rings is 1. The second-order valence-electron chi connectivity index (χ2n) is 3.64. The van der Waals surface area contributed by atoms with Gasteiger partial charge >= 0.3 is 11.8 Å². The van der Waals surface area contributed by atoms with E-state index in [1.807, 2.05) is 0 Å². The van der Waals surface area contributed by atoms with Crippen molar-refractivity contribution >= 4 is 29.5 Å². The lowest BCUT2D eigenvalue weighted by atomic mass is 10.3. The normalized spacial score (nSPS) is 11.9. The van der Waals surface area contributed by atoms with E-state index in [1.54, 1.807) is 7.05 Å². The molecule has 0 saturated heterocycles. The van der Waals surface area contributed by atoms with Gasteiger partial charge in [-0.05, 0) is 9.91 Å². The van der Waals surface area contributed by atoms with Crippen LogP contribution in [0.2, 0.25) is 0 Å². The molecule has 19 heavy (non-hydrogen) atoms. The molecule has 9 nitrogen and oxygen atoms in total. The molecular weight excluding hydrogens is 276 g/mol. The van der Waals surface area contributed by atoms with Crippen LogP contribution in [0.25, 0.3) is 0 Å². The van der Waals surface area contributed by atoms with Crippen molar-refractivity contribution in [1.82, 2.24) is 14.9 Å². The van der Waals surface area contributed by atoms with Gasteiger partial charge in [0, 0.05) is 19.7 Å². The van der Waals surface area contributed by atoms with Gasteiger partial charge in [0.1, 0.15) is 6.04 Å². The van der Waals surface area contributed by atoms with Gasteiger partial charge in [-0.2, -0.15) is 0 Å². The Bertz CT molecular complexity index is 515. The number of amides is 1. The van der Waals surface area contributed by atoms with Gasteiger partial charge in [0.25, 0.3) is 0 Å². The van der Waals surface area contributed by atoms with Gasteiger partial charge in [0.2, 0.25) is 12.2 Å². The Hall–Kier alpha value is -2.10. The summed E-state index contributed by atoms with van der Waals surface area (Å²) in [6.07, 6.45) is 1.27. The number of aryl methyl sites for hydroxylation is 1. The summed E-state index contributed by atoms with van der Waals surface area (Å²) in [6.45, 7) is 1.20. The molecule has 2 N–H and O–H groups in total. The minimum Gasteiger partial charge on any atom is -0.480 e. The van der Waals surface area contributed by atoms with Crippen LogP contribution >= 0.6 is 11.8 Å². The highest BCUT2D eigenvalue weighted by molar-refractivity contribution is 7.99. The Morgan fingerprint density at radius 2 is 2.32 bits per heavy atom. The van der Waals surface area contributed by atoms with Crippen molar-refractivity contribution in [3.63, 3.8) is 0 Å². The topological polar surface area (TPSA) is 127 Å². The molecule has 1 unspecified atom stereocenters. The maximum absolute atomic E-state index is 10.9. The molecule has 1 aromatic rings. The number of nitrogens with one attached hydrogen (secondary N) is 1. The molecule has 0 aromatic carbocycles. The molecule has 1 aromatic heterocycles. The molecule has 0 aliphatic carbocycles. The van der Waals surface area contributed by atoms with E-state index < -0.39 is 22.8 Å². The molecule has 104 valence electrons. The summed E-state index contributed by atoms with van der Waals surface area (Å²) < 4.78 is 1.43. The van der Waals surface area contributed by atoms with Crippen LogP contribution in [0.15, 0.2) is 11.4 Å². The van der Waals surface area contributed by atoms with Gasteiger partial charge in [-0.25, -0.2) is 4.79 Å². The number of carboxylic acids is 1. The molecule has 0 saturated carbocycles. The van der Waals surface area contributed by atoms with Crippen molar-refractivity contribution in [2.75, 3.05) is 5.75 Å². The Morgan fingerprint density at radius 1 is 1.68 bits per heavy atom. The van der Waals surface area contributed by atoms with Crippen LogP contribution in [0.4, 0.5) is 5.82 Å². The fraction of sp³-hybridized carbons (Fsp3) is 0.444. The molecule has 1 atom stereocenters. The lowest BCUT2D eigenvalue weighted by Crippen LogP contribution is -2.41. The average molecular weight is 288 g/mol. The Kier molecular flexibility index (Phi) is 4.87. The maximum atomic E-state index is 10.9. The zero-order chi connectivity index (χ0) is 14.6. The van der Waals surface area contributed by atoms with E-state index >= 15 is 0 Å². The van der Waals surface area contributed by atoms with Crippen LogP contribution in [-0.4, -0.2) is 43.3 Å². The summed E-state index contributed by atoms with van der Waals surface area (Å²) in [6, 6.07) is -1.11. The predicted octanol–water partition coefficient (Wildman–Crippen LogP) is 0.00970. The van der Waals surface area contributed by atoms with Crippen LogP contribution in [-0.2, 0) is 16.6 Å². The third kappa shape index (κ3) is 3.95. The monoisotopic (exact) mass is 288 g/mol.